The van der Waals surface area contributed by atoms with Crippen LogP contribution in [0, 0.1) is 0 Å². The van der Waals surface area contributed by atoms with Gasteiger partial charge in [-0.05, 0) is 28.6 Å². The number of alkyl halides is 3. The molecule has 3 aromatic rings. The number of rotatable bonds is 3. The van der Waals surface area contributed by atoms with E-state index in [0.717, 1.165) is 22.8 Å². The molecule has 0 amide bonds. The Morgan fingerprint density at radius 1 is 1.22 bits per heavy atom. The van der Waals surface area contributed by atoms with E-state index in [2.05, 4.69) is 25.6 Å². The minimum Gasteiger partial charge on any atom is -0.316 e. The average molecular weight is 326 g/mol. The van der Waals surface area contributed by atoms with E-state index < -0.39 is 22.9 Å². The zero-order valence-electron chi connectivity index (χ0n) is 11.4. The van der Waals surface area contributed by atoms with Crippen LogP contribution in [0.2, 0.25) is 0 Å². The van der Waals surface area contributed by atoms with E-state index in [0.29, 0.717) is 5.82 Å². The van der Waals surface area contributed by atoms with Gasteiger partial charge >= 0.3 is 17.3 Å². The predicted molar refractivity (Wildman–Crippen MR) is 71.7 cm³/mol. The molecule has 0 spiro atoms. The molecule has 0 radical (unpaired) electrons. The van der Waals surface area contributed by atoms with Gasteiger partial charge < -0.3 is 9.55 Å². The summed E-state index contributed by atoms with van der Waals surface area (Å²) in [5.41, 5.74) is -2.64. The summed E-state index contributed by atoms with van der Waals surface area (Å²) in [6.07, 6.45) is -4.33. The third-order valence-corrected chi connectivity index (χ3v) is 3.26. The Bertz CT molecular complexity index is 958. The normalized spacial score (nSPS) is 12.0. The van der Waals surface area contributed by atoms with E-state index in [4.69, 9.17) is 0 Å². The molecule has 2 N–H and O–H groups in total. The molecule has 0 aliphatic carbocycles. The Morgan fingerprint density at radius 3 is 2.65 bits per heavy atom. The summed E-state index contributed by atoms with van der Waals surface area (Å²) in [6, 6.07) is 2.80. The molecule has 1 aromatic carbocycles. The van der Waals surface area contributed by atoms with Gasteiger partial charge in [-0.15, -0.1) is 5.10 Å². The standard InChI is InChI=1S/C12H9F3N6O2/c13-12(14,15)6-1-2-8-7(5-6)16-10(22)11(23)21(8)4-3-9-17-19-20-18-9/h1-2,5H,3-4H2,(H,16,22)(H,17,18,19,20). The Hall–Kier alpha value is -2.98. The van der Waals surface area contributed by atoms with Crippen molar-refractivity contribution in [2.24, 2.45) is 0 Å². The summed E-state index contributed by atoms with van der Waals surface area (Å²) >= 11 is 0. The van der Waals surface area contributed by atoms with Crippen molar-refractivity contribution < 1.29 is 13.2 Å². The molecule has 0 atom stereocenters. The molecule has 0 saturated heterocycles. The van der Waals surface area contributed by atoms with Gasteiger partial charge in [0.15, 0.2) is 0 Å². The van der Waals surface area contributed by atoms with Crippen molar-refractivity contribution in [3.05, 3.63) is 50.3 Å². The first kappa shape index (κ1) is 14.9. The van der Waals surface area contributed by atoms with Crippen LogP contribution in [0.1, 0.15) is 11.4 Å². The lowest BCUT2D eigenvalue weighted by Crippen LogP contribution is -2.36. The number of H-pyrrole nitrogens is 2. The Morgan fingerprint density at radius 2 is 2.00 bits per heavy atom. The van der Waals surface area contributed by atoms with E-state index in [9.17, 15) is 22.8 Å². The quantitative estimate of drug-likeness (QED) is 0.680. The summed E-state index contributed by atoms with van der Waals surface area (Å²) in [7, 11) is 0. The zero-order valence-corrected chi connectivity index (χ0v) is 11.4. The fraction of sp³-hybridized carbons (Fsp3) is 0.250. The number of benzene rings is 1. The van der Waals surface area contributed by atoms with E-state index in [1.165, 1.54) is 0 Å². The second-order valence-corrected chi connectivity index (χ2v) is 4.74. The van der Waals surface area contributed by atoms with Gasteiger partial charge in [-0.25, -0.2) is 5.10 Å². The van der Waals surface area contributed by atoms with E-state index in [-0.39, 0.29) is 24.0 Å². The van der Waals surface area contributed by atoms with Gasteiger partial charge in [0, 0.05) is 13.0 Å². The number of tetrazole rings is 1. The zero-order chi connectivity index (χ0) is 16.6. The van der Waals surface area contributed by atoms with Crippen molar-refractivity contribution in [1.29, 1.82) is 0 Å². The first-order valence-corrected chi connectivity index (χ1v) is 6.43. The molecule has 8 nitrogen and oxygen atoms in total. The van der Waals surface area contributed by atoms with Gasteiger partial charge in [-0.1, -0.05) is 0 Å². The average Bonchev–Trinajstić information content (AvgIpc) is 2.99. The number of nitrogens with zero attached hydrogens (tertiary/aromatic N) is 4. The minimum atomic E-state index is -4.54. The Kier molecular flexibility index (Phi) is 3.47. The van der Waals surface area contributed by atoms with Gasteiger partial charge in [0.1, 0.15) is 5.82 Å². The van der Waals surface area contributed by atoms with Crippen LogP contribution in [-0.2, 0) is 19.1 Å². The van der Waals surface area contributed by atoms with Crippen molar-refractivity contribution in [3.8, 4) is 0 Å². The number of halogens is 3. The van der Waals surface area contributed by atoms with Crippen LogP contribution in [0.4, 0.5) is 13.2 Å². The molecular weight excluding hydrogens is 317 g/mol. The molecule has 3 rings (SSSR count). The molecule has 0 bridgehead atoms. The first-order valence-electron chi connectivity index (χ1n) is 6.43. The number of aromatic amines is 2. The lowest BCUT2D eigenvalue weighted by atomic mass is 10.2. The highest BCUT2D eigenvalue weighted by molar-refractivity contribution is 5.75. The Balaban J connectivity index is 2.10. The molecule has 2 heterocycles. The highest BCUT2D eigenvalue weighted by Gasteiger charge is 2.30. The van der Waals surface area contributed by atoms with Gasteiger partial charge in [-0.3, -0.25) is 9.59 Å². The van der Waals surface area contributed by atoms with Gasteiger partial charge in [-0.2, -0.15) is 13.2 Å². The second-order valence-electron chi connectivity index (χ2n) is 4.74. The van der Waals surface area contributed by atoms with Crippen molar-refractivity contribution in [3.63, 3.8) is 0 Å². The maximum atomic E-state index is 12.7. The minimum absolute atomic E-state index is 0.0431. The summed E-state index contributed by atoms with van der Waals surface area (Å²) in [5, 5.41) is 12.9. The predicted octanol–water partition coefficient (Wildman–Crippen LogP) is 0.464. The molecule has 120 valence electrons. The summed E-state index contributed by atoms with van der Waals surface area (Å²) < 4.78 is 39.3. The van der Waals surface area contributed by atoms with Crippen molar-refractivity contribution in [2.75, 3.05) is 0 Å². The fourth-order valence-electron chi connectivity index (χ4n) is 2.18. The smallest absolute Gasteiger partial charge is 0.316 e. The number of nitrogens with one attached hydrogen (secondary N) is 2. The van der Waals surface area contributed by atoms with Crippen LogP contribution in [0.3, 0.4) is 0 Å². The fourth-order valence-corrected chi connectivity index (χ4v) is 2.18. The molecule has 0 fully saturated rings. The summed E-state index contributed by atoms with van der Waals surface area (Å²) in [4.78, 5) is 25.8. The molecule has 0 aliphatic rings. The van der Waals surface area contributed by atoms with E-state index >= 15 is 0 Å². The maximum Gasteiger partial charge on any atom is 0.416 e. The van der Waals surface area contributed by atoms with E-state index in [1.54, 1.807) is 0 Å². The molecule has 0 saturated carbocycles. The summed E-state index contributed by atoms with van der Waals surface area (Å²) in [6.45, 7) is 0.0431. The van der Waals surface area contributed by atoms with Crippen molar-refractivity contribution in [2.45, 2.75) is 19.1 Å². The monoisotopic (exact) mass is 326 g/mol. The molecule has 0 aliphatic heterocycles. The van der Waals surface area contributed by atoms with Crippen molar-refractivity contribution in [1.82, 2.24) is 30.2 Å². The highest BCUT2D eigenvalue weighted by Crippen LogP contribution is 2.30. The number of fused-ring (bicyclic) bond motifs is 1. The van der Waals surface area contributed by atoms with Gasteiger partial charge in [0.25, 0.3) is 0 Å². The van der Waals surface area contributed by atoms with Gasteiger partial charge in [0.05, 0.1) is 16.6 Å². The van der Waals surface area contributed by atoms with Crippen LogP contribution in [0.25, 0.3) is 11.0 Å². The SMILES string of the molecule is O=c1[nH]c2cc(C(F)(F)F)ccc2n(CCc2nnn[nH]2)c1=O. The van der Waals surface area contributed by atoms with Crippen LogP contribution >= 0.6 is 0 Å². The number of aromatic nitrogens is 6. The topological polar surface area (TPSA) is 109 Å². The van der Waals surface area contributed by atoms with Crippen LogP contribution in [0.5, 0.6) is 0 Å². The third-order valence-electron chi connectivity index (χ3n) is 3.26. The Labute approximate surface area is 125 Å². The first-order chi connectivity index (χ1) is 10.9. The lowest BCUT2D eigenvalue weighted by molar-refractivity contribution is -0.137. The lowest BCUT2D eigenvalue weighted by Gasteiger charge is -2.11. The molecule has 11 heteroatoms. The number of hydrogen-bond acceptors (Lipinski definition) is 5. The second kappa shape index (κ2) is 5.34. The van der Waals surface area contributed by atoms with E-state index in [1.807, 2.05) is 0 Å². The highest BCUT2D eigenvalue weighted by atomic mass is 19.4. The molecule has 0 unspecified atom stereocenters. The molecular formula is C12H9F3N6O2. The van der Waals surface area contributed by atoms with Crippen LogP contribution < -0.4 is 11.1 Å². The van der Waals surface area contributed by atoms with Crippen molar-refractivity contribution >= 4 is 11.0 Å². The molecule has 2 aromatic heterocycles. The number of hydrogen-bond donors (Lipinski definition) is 2. The summed E-state index contributed by atoms with van der Waals surface area (Å²) in [5.74, 6) is 0.386. The van der Waals surface area contributed by atoms with Gasteiger partial charge in [0.2, 0.25) is 0 Å². The number of aryl methyl sites for hydroxylation is 2. The maximum absolute atomic E-state index is 12.7. The largest absolute Gasteiger partial charge is 0.416 e. The molecule has 23 heavy (non-hydrogen) atoms. The van der Waals surface area contributed by atoms with Crippen LogP contribution in [-0.4, -0.2) is 30.2 Å². The third kappa shape index (κ3) is 2.84. The van der Waals surface area contributed by atoms with Crippen LogP contribution in [0.15, 0.2) is 27.8 Å².